The van der Waals surface area contributed by atoms with Gasteiger partial charge in [0.2, 0.25) is 0 Å². The van der Waals surface area contributed by atoms with Crippen LogP contribution in [0.4, 0.5) is 10.5 Å². The average Bonchev–Trinajstić information content (AvgIpc) is 2.55. The van der Waals surface area contributed by atoms with Gasteiger partial charge in [0.25, 0.3) is 0 Å². The number of nitrogens with one attached hydrogen (secondary N) is 1. The molecule has 1 spiro atoms. The van der Waals surface area contributed by atoms with E-state index in [9.17, 15) is 4.79 Å². The van der Waals surface area contributed by atoms with E-state index in [2.05, 4.69) is 11.4 Å². The van der Waals surface area contributed by atoms with E-state index in [0.29, 0.717) is 13.1 Å². The standard InChI is InChI=1S/C19H28N2O3/c1-14-11-15(2)13-16(12-14)20-18(22)21-8-6-19(7-9-21)17(23-3)5-4-10-24-19/h11-13,17H,4-10H2,1-3H3,(H,20,22)/t17-/m1/s1. The molecule has 1 aromatic rings. The van der Waals surface area contributed by atoms with Crippen molar-refractivity contribution in [2.45, 2.75) is 51.2 Å². The summed E-state index contributed by atoms with van der Waals surface area (Å²) < 4.78 is 11.8. The normalized spacial score (nSPS) is 23.3. The van der Waals surface area contributed by atoms with Crippen LogP contribution in [-0.2, 0) is 9.47 Å². The fraction of sp³-hybridized carbons (Fsp3) is 0.632. The van der Waals surface area contributed by atoms with Crippen LogP contribution in [0.5, 0.6) is 0 Å². The Labute approximate surface area is 144 Å². The van der Waals surface area contributed by atoms with Crippen molar-refractivity contribution in [3.05, 3.63) is 29.3 Å². The molecule has 0 bridgehead atoms. The van der Waals surface area contributed by atoms with Gasteiger partial charge in [0.05, 0.1) is 11.7 Å². The summed E-state index contributed by atoms with van der Waals surface area (Å²) in [7, 11) is 1.76. The fourth-order valence-corrected chi connectivity index (χ4v) is 4.04. The van der Waals surface area contributed by atoms with Crippen molar-refractivity contribution >= 4 is 11.7 Å². The Balaban J connectivity index is 1.60. The maximum Gasteiger partial charge on any atom is 0.321 e. The number of carbonyl (C=O) groups is 1. The Bertz CT molecular complexity index is 574. The highest BCUT2D eigenvalue weighted by atomic mass is 16.5. The highest BCUT2D eigenvalue weighted by molar-refractivity contribution is 5.89. The Hall–Kier alpha value is -1.59. The molecule has 0 unspecified atom stereocenters. The minimum atomic E-state index is -0.205. The first-order valence-corrected chi connectivity index (χ1v) is 8.83. The first kappa shape index (κ1) is 17.2. The summed E-state index contributed by atoms with van der Waals surface area (Å²) in [5.74, 6) is 0. The highest BCUT2D eigenvalue weighted by Gasteiger charge is 2.45. The number of ether oxygens (including phenoxy) is 2. The monoisotopic (exact) mass is 332 g/mol. The summed E-state index contributed by atoms with van der Waals surface area (Å²) in [5, 5.41) is 3.02. The Morgan fingerprint density at radius 2 is 1.92 bits per heavy atom. The van der Waals surface area contributed by atoms with Gasteiger partial charge in [0.15, 0.2) is 0 Å². The first-order valence-electron chi connectivity index (χ1n) is 8.83. The van der Waals surface area contributed by atoms with Crippen LogP contribution in [0.2, 0.25) is 0 Å². The second kappa shape index (κ2) is 7.11. The Morgan fingerprint density at radius 3 is 2.54 bits per heavy atom. The van der Waals surface area contributed by atoms with E-state index in [1.165, 1.54) is 0 Å². The van der Waals surface area contributed by atoms with Gasteiger partial charge >= 0.3 is 6.03 Å². The van der Waals surface area contributed by atoms with Gasteiger partial charge < -0.3 is 19.7 Å². The molecule has 0 aliphatic carbocycles. The third-order valence-electron chi connectivity index (χ3n) is 5.24. The summed E-state index contributed by atoms with van der Waals surface area (Å²) in [6.07, 6.45) is 3.93. The molecule has 5 nitrogen and oxygen atoms in total. The zero-order valence-corrected chi connectivity index (χ0v) is 14.9. The number of hydrogen-bond acceptors (Lipinski definition) is 3. The molecular formula is C19H28N2O3. The quantitative estimate of drug-likeness (QED) is 0.902. The molecule has 2 aliphatic heterocycles. The van der Waals surface area contributed by atoms with Crippen LogP contribution >= 0.6 is 0 Å². The zero-order chi connectivity index (χ0) is 17.2. The average molecular weight is 332 g/mol. The lowest BCUT2D eigenvalue weighted by atomic mass is 9.82. The second-order valence-electron chi connectivity index (χ2n) is 7.07. The Kier molecular flexibility index (Phi) is 5.11. The van der Waals surface area contributed by atoms with E-state index >= 15 is 0 Å². The zero-order valence-electron chi connectivity index (χ0n) is 14.9. The summed E-state index contributed by atoms with van der Waals surface area (Å²) >= 11 is 0. The minimum Gasteiger partial charge on any atom is -0.378 e. The number of amides is 2. The van der Waals surface area contributed by atoms with Crippen molar-refractivity contribution in [3.63, 3.8) is 0 Å². The predicted octanol–water partition coefficient (Wildman–Crippen LogP) is 3.50. The summed E-state index contributed by atoms with van der Waals surface area (Å²) in [6, 6.07) is 6.08. The SMILES string of the molecule is CO[C@@H]1CCCOC12CCN(C(=O)Nc1cc(C)cc(C)c1)CC2. The smallest absolute Gasteiger partial charge is 0.321 e. The van der Waals surface area contributed by atoms with Gasteiger partial charge in [-0.05, 0) is 62.8 Å². The summed E-state index contributed by atoms with van der Waals surface area (Å²) in [6.45, 7) is 6.29. The van der Waals surface area contributed by atoms with E-state index in [0.717, 1.165) is 49.1 Å². The molecule has 1 N–H and O–H groups in total. The molecule has 5 heteroatoms. The van der Waals surface area contributed by atoms with Crippen molar-refractivity contribution in [2.75, 3.05) is 32.1 Å². The van der Waals surface area contributed by atoms with Crippen LogP contribution in [-0.4, -0.2) is 49.4 Å². The fourth-order valence-electron chi connectivity index (χ4n) is 4.04. The number of urea groups is 1. The number of benzene rings is 1. The van der Waals surface area contributed by atoms with Crippen LogP contribution in [0.25, 0.3) is 0 Å². The number of likely N-dealkylation sites (tertiary alicyclic amines) is 1. The summed E-state index contributed by atoms with van der Waals surface area (Å²) in [5.41, 5.74) is 2.97. The van der Waals surface area contributed by atoms with Gasteiger partial charge in [-0.1, -0.05) is 6.07 Å². The van der Waals surface area contributed by atoms with Gasteiger partial charge in [-0.2, -0.15) is 0 Å². The third-order valence-corrected chi connectivity index (χ3v) is 5.24. The largest absolute Gasteiger partial charge is 0.378 e. The number of methoxy groups -OCH3 is 1. The van der Waals surface area contributed by atoms with Gasteiger partial charge in [-0.3, -0.25) is 0 Å². The van der Waals surface area contributed by atoms with Crippen molar-refractivity contribution in [1.82, 2.24) is 4.90 Å². The van der Waals surface area contributed by atoms with E-state index in [1.54, 1.807) is 7.11 Å². The lowest BCUT2D eigenvalue weighted by Crippen LogP contribution is -2.57. The topological polar surface area (TPSA) is 50.8 Å². The minimum absolute atomic E-state index is 0.0281. The molecule has 24 heavy (non-hydrogen) atoms. The number of aryl methyl sites for hydroxylation is 2. The number of nitrogens with zero attached hydrogens (tertiary/aromatic N) is 1. The van der Waals surface area contributed by atoms with Crippen LogP contribution in [0.3, 0.4) is 0 Å². The van der Waals surface area contributed by atoms with Crippen LogP contribution < -0.4 is 5.32 Å². The molecule has 2 fully saturated rings. The molecule has 132 valence electrons. The van der Waals surface area contributed by atoms with Crippen LogP contribution in [0.1, 0.15) is 36.8 Å². The van der Waals surface area contributed by atoms with Gasteiger partial charge in [-0.25, -0.2) is 4.79 Å². The molecule has 0 radical (unpaired) electrons. The number of carbonyl (C=O) groups excluding carboxylic acids is 1. The molecular weight excluding hydrogens is 304 g/mol. The van der Waals surface area contributed by atoms with Crippen LogP contribution in [0, 0.1) is 13.8 Å². The van der Waals surface area contributed by atoms with Gasteiger partial charge in [-0.15, -0.1) is 0 Å². The molecule has 1 aromatic carbocycles. The molecule has 0 aromatic heterocycles. The van der Waals surface area contributed by atoms with Crippen molar-refractivity contribution < 1.29 is 14.3 Å². The molecule has 3 rings (SSSR count). The second-order valence-corrected chi connectivity index (χ2v) is 7.07. The molecule has 1 atom stereocenters. The van der Waals surface area contributed by atoms with E-state index in [4.69, 9.17) is 9.47 Å². The lowest BCUT2D eigenvalue weighted by molar-refractivity contribution is -0.183. The third kappa shape index (κ3) is 3.57. The molecule has 2 heterocycles. The van der Waals surface area contributed by atoms with Crippen molar-refractivity contribution in [3.8, 4) is 0 Å². The maximum absolute atomic E-state index is 12.6. The molecule has 0 saturated carbocycles. The molecule has 2 amide bonds. The van der Waals surface area contributed by atoms with E-state index in [1.807, 2.05) is 30.9 Å². The molecule has 2 aliphatic rings. The predicted molar refractivity (Wildman–Crippen MR) is 94.5 cm³/mol. The first-order chi connectivity index (χ1) is 11.5. The highest BCUT2D eigenvalue weighted by Crippen LogP contribution is 2.36. The van der Waals surface area contributed by atoms with E-state index in [-0.39, 0.29) is 17.7 Å². The van der Waals surface area contributed by atoms with Gasteiger partial charge in [0, 0.05) is 32.5 Å². The lowest BCUT2D eigenvalue weighted by Gasteiger charge is -2.47. The molecule has 2 saturated heterocycles. The number of rotatable bonds is 2. The van der Waals surface area contributed by atoms with E-state index < -0.39 is 0 Å². The number of hydrogen-bond donors (Lipinski definition) is 1. The number of piperidine rings is 1. The van der Waals surface area contributed by atoms with Crippen LogP contribution in [0.15, 0.2) is 18.2 Å². The van der Waals surface area contributed by atoms with Crippen molar-refractivity contribution in [2.24, 2.45) is 0 Å². The number of anilines is 1. The Morgan fingerprint density at radius 1 is 1.25 bits per heavy atom. The van der Waals surface area contributed by atoms with Gasteiger partial charge in [0.1, 0.15) is 0 Å². The van der Waals surface area contributed by atoms with Crippen molar-refractivity contribution in [1.29, 1.82) is 0 Å². The maximum atomic E-state index is 12.6. The summed E-state index contributed by atoms with van der Waals surface area (Å²) in [4.78, 5) is 14.4.